The zero-order valence-corrected chi connectivity index (χ0v) is 7.65. The molecule has 0 saturated heterocycles. The third-order valence-corrected chi connectivity index (χ3v) is 1.46. The number of sulfonamides is 1. The van der Waals surface area contributed by atoms with Crippen molar-refractivity contribution in [1.29, 1.82) is 0 Å². The average molecular weight is 195 g/mol. The molecular formula is C5H13N3O3S. The monoisotopic (exact) mass is 195 g/mol. The molecule has 0 aromatic rings. The normalized spacial score (nSPS) is 11.2. The maximum atomic E-state index is 10.8. The van der Waals surface area contributed by atoms with Gasteiger partial charge >= 0.3 is 0 Å². The average Bonchev–Trinajstić information content (AvgIpc) is 1.95. The molecule has 4 N–H and O–H groups in total. The van der Waals surface area contributed by atoms with Gasteiger partial charge in [0, 0.05) is 6.42 Å². The third kappa shape index (κ3) is 7.45. The van der Waals surface area contributed by atoms with E-state index in [0.717, 1.165) is 6.26 Å². The van der Waals surface area contributed by atoms with Crippen LogP contribution >= 0.6 is 0 Å². The van der Waals surface area contributed by atoms with Crippen molar-refractivity contribution in [3.63, 3.8) is 0 Å². The molecule has 72 valence electrons. The van der Waals surface area contributed by atoms with Crippen LogP contribution in [0.25, 0.3) is 0 Å². The van der Waals surface area contributed by atoms with E-state index < -0.39 is 10.0 Å². The smallest absolute Gasteiger partial charge is 0.234 e. The zero-order valence-electron chi connectivity index (χ0n) is 6.83. The topological polar surface area (TPSA) is 101 Å². The van der Waals surface area contributed by atoms with Crippen LogP contribution in [0.2, 0.25) is 0 Å². The predicted molar refractivity (Wildman–Crippen MR) is 44.4 cm³/mol. The Morgan fingerprint density at radius 1 is 1.50 bits per heavy atom. The molecule has 0 aliphatic heterocycles. The molecule has 6 nitrogen and oxygen atoms in total. The molecule has 0 atom stereocenters. The number of hydrogen-bond acceptors (Lipinski definition) is 4. The largest absolute Gasteiger partial charge is 0.330 e. The molecule has 0 radical (unpaired) electrons. The fourth-order valence-electron chi connectivity index (χ4n) is 0.475. The Bertz CT molecular complexity index is 236. The van der Waals surface area contributed by atoms with Crippen molar-refractivity contribution in [2.24, 2.45) is 5.73 Å². The number of carbonyl (C=O) groups is 1. The van der Waals surface area contributed by atoms with Crippen LogP contribution in [-0.4, -0.2) is 27.1 Å². The number of hydrazine groups is 1. The number of nitrogens with two attached hydrogens (primary N) is 1. The third-order valence-electron chi connectivity index (χ3n) is 0.984. The summed E-state index contributed by atoms with van der Waals surface area (Å²) in [5.74, 6) is -0.383. The van der Waals surface area contributed by atoms with Crippen LogP contribution in [0.5, 0.6) is 0 Å². The van der Waals surface area contributed by atoms with E-state index in [4.69, 9.17) is 5.73 Å². The van der Waals surface area contributed by atoms with Crippen LogP contribution in [0.4, 0.5) is 0 Å². The van der Waals surface area contributed by atoms with Crippen LogP contribution in [0.15, 0.2) is 0 Å². The van der Waals surface area contributed by atoms with E-state index >= 15 is 0 Å². The van der Waals surface area contributed by atoms with Crippen LogP contribution in [-0.2, 0) is 14.8 Å². The molecule has 1 amide bonds. The fourth-order valence-corrected chi connectivity index (χ4v) is 0.774. The Kier molecular flexibility index (Phi) is 4.79. The highest BCUT2D eigenvalue weighted by Crippen LogP contribution is 1.83. The summed E-state index contributed by atoms with van der Waals surface area (Å²) in [7, 11) is -3.36. The highest BCUT2D eigenvalue weighted by atomic mass is 32.2. The van der Waals surface area contributed by atoms with Gasteiger partial charge in [-0.1, -0.05) is 0 Å². The van der Waals surface area contributed by atoms with E-state index in [0.29, 0.717) is 13.0 Å². The van der Waals surface area contributed by atoms with Gasteiger partial charge in [-0.25, -0.2) is 8.42 Å². The molecule has 0 aliphatic rings. The van der Waals surface area contributed by atoms with E-state index in [1.165, 1.54) is 0 Å². The summed E-state index contributed by atoms with van der Waals surface area (Å²) in [5.41, 5.74) is 7.17. The molecule has 0 unspecified atom stereocenters. The van der Waals surface area contributed by atoms with Gasteiger partial charge in [0.2, 0.25) is 15.9 Å². The zero-order chi connectivity index (χ0) is 9.61. The number of rotatable bonds is 5. The summed E-state index contributed by atoms with van der Waals surface area (Å²) in [4.78, 5) is 12.6. The van der Waals surface area contributed by atoms with Gasteiger partial charge in [-0.15, -0.1) is 4.83 Å². The highest BCUT2D eigenvalue weighted by Gasteiger charge is 2.03. The minimum absolute atomic E-state index is 0.221. The number of carbonyl (C=O) groups excluding carboxylic acids is 1. The Balaban J connectivity index is 3.58. The highest BCUT2D eigenvalue weighted by molar-refractivity contribution is 7.88. The molecule has 0 bridgehead atoms. The number of nitrogens with one attached hydrogen (secondary N) is 2. The first kappa shape index (κ1) is 11.3. The molecular weight excluding hydrogens is 182 g/mol. The lowest BCUT2D eigenvalue weighted by Gasteiger charge is -2.03. The maximum Gasteiger partial charge on any atom is 0.234 e. The maximum absolute atomic E-state index is 10.8. The van der Waals surface area contributed by atoms with Crippen molar-refractivity contribution in [2.75, 3.05) is 12.8 Å². The molecule has 0 spiro atoms. The standard InChI is InChI=1S/C5H13N3O3S/c1-12(10,11)8-7-5(9)3-2-4-6/h8H,2-4,6H2,1H3,(H,7,9). The van der Waals surface area contributed by atoms with Crippen molar-refractivity contribution in [3.8, 4) is 0 Å². The Morgan fingerprint density at radius 3 is 2.50 bits per heavy atom. The summed E-state index contributed by atoms with van der Waals surface area (Å²) >= 11 is 0. The molecule has 0 aliphatic carbocycles. The lowest BCUT2D eigenvalue weighted by atomic mass is 10.3. The fraction of sp³-hybridized carbons (Fsp3) is 0.800. The summed E-state index contributed by atoms with van der Waals surface area (Å²) in [6.07, 6.45) is 1.71. The molecule has 0 aromatic carbocycles. The summed E-state index contributed by atoms with van der Waals surface area (Å²) in [5, 5.41) is 0. The van der Waals surface area contributed by atoms with Crippen molar-refractivity contribution >= 4 is 15.9 Å². The van der Waals surface area contributed by atoms with Gasteiger partial charge in [0.1, 0.15) is 0 Å². The van der Waals surface area contributed by atoms with Gasteiger partial charge in [-0.2, -0.15) is 0 Å². The first-order valence-electron chi connectivity index (χ1n) is 3.41. The molecule has 12 heavy (non-hydrogen) atoms. The minimum atomic E-state index is -3.36. The molecule has 0 aromatic heterocycles. The van der Waals surface area contributed by atoms with Crippen molar-refractivity contribution in [3.05, 3.63) is 0 Å². The Labute approximate surface area is 71.5 Å². The van der Waals surface area contributed by atoms with Crippen molar-refractivity contribution in [1.82, 2.24) is 10.3 Å². The van der Waals surface area contributed by atoms with Crippen LogP contribution < -0.4 is 16.0 Å². The summed E-state index contributed by atoms with van der Waals surface area (Å²) in [6.45, 7) is 0.409. The quantitative estimate of drug-likeness (QED) is 0.455. The van der Waals surface area contributed by atoms with Crippen molar-refractivity contribution in [2.45, 2.75) is 12.8 Å². The molecule has 0 fully saturated rings. The second kappa shape index (κ2) is 5.07. The van der Waals surface area contributed by atoms with E-state index in [2.05, 4.69) is 0 Å². The van der Waals surface area contributed by atoms with Gasteiger partial charge < -0.3 is 5.73 Å². The van der Waals surface area contributed by atoms with E-state index in [9.17, 15) is 13.2 Å². The van der Waals surface area contributed by atoms with E-state index in [1.807, 2.05) is 10.3 Å². The molecule has 0 rings (SSSR count). The van der Waals surface area contributed by atoms with Gasteiger partial charge in [0.25, 0.3) is 0 Å². The van der Waals surface area contributed by atoms with E-state index in [-0.39, 0.29) is 12.3 Å². The van der Waals surface area contributed by atoms with Crippen molar-refractivity contribution < 1.29 is 13.2 Å². The Hall–Kier alpha value is -0.660. The summed E-state index contributed by atoms with van der Waals surface area (Å²) in [6, 6.07) is 0. The molecule has 0 heterocycles. The SMILES string of the molecule is CS(=O)(=O)NNC(=O)CCCN. The molecule has 0 saturated carbocycles. The lowest BCUT2D eigenvalue weighted by Crippen LogP contribution is -2.40. The minimum Gasteiger partial charge on any atom is -0.330 e. The molecule has 7 heteroatoms. The first-order chi connectivity index (χ1) is 5.45. The lowest BCUT2D eigenvalue weighted by molar-refractivity contribution is -0.121. The van der Waals surface area contributed by atoms with Crippen LogP contribution in [0.1, 0.15) is 12.8 Å². The van der Waals surface area contributed by atoms with Gasteiger partial charge in [-0.05, 0) is 13.0 Å². The van der Waals surface area contributed by atoms with Gasteiger partial charge in [0.15, 0.2) is 0 Å². The number of amides is 1. The predicted octanol–water partition coefficient (Wildman–Crippen LogP) is -1.69. The van der Waals surface area contributed by atoms with E-state index in [1.54, 1.807) is 0 Å². The number of hydrogen-bond donors (Lipinski definition) is 3. The Morgan fingerprint density at radius 2 is 2.08 bits per heavy atom. The van der Waals surface area contributed by atoms with Crippen LogP contribution in [0.3, 0.4) is 0 Å². The second-order valence-corrected chi connectivity index (χ2v) is 4.06. The van der Waals surface area contributed by atoms with Crippen LogP contribution in [0, 0.1) is 0 Å². The summed E-state index contributed by atoms with van der Waals surface area (Å²) < 4.78 is 20.9. The van der Waals surface area contributed by atoms with Gasteiger partial charge in [-0.3, -0.25) is 10.2 Å². The first-order valence-corrected chi connectivity index (χ1v) is 5.30. The van der Waals surface area contributed by atoms with Gasteiger partial charge in [0.05, 0.1) is 6.26 Å². The second-order valence-electron chi connectivity index (χ2n) is 2.31.